The van der Waals surface area contributed by atoms with Gasteiger partial charge < -0.3 is 9.80 Å². The van der Waals surface area contributed by atoms with Gasteiger partial charge >= 0.3 is 0 Å². The molecule has 1 aromatic carbocycles. The van der Waals surface area contributed by atoms with Gasteiger partial charge in [0.05, 0.1) is 6.20 Å². The predicted molar refractivity (Wildman–Crippen MR) is 102 cm³/mol. The van der Waals surface area contributed by atoms with Gasteiger partial charge in [0.1, 0.15) is 0 Å². The number of hydrogen-bond acceptors (Lipinski definition) is 4. The summed E-state index contributed by atoms with van der Waals surface area (Å²) in [6, 6.07) is 7.87. The summed E-state index contributed by atoms with van der Waals surface area (Å²) >= 11 is 0. The van der Waals surface area contributed by atoms with Crippen LogP contribution in [0.5, 0.6) is 0 Å². The van der Waals surface area contributed by atoms with Crippen molar-refractivity contribution in [3.8, 4) is 11.1 Å². The fraction of sp³-hybridized carbons (Fsp3) is 0.500. The first-order valence-corrected chi connectivity index (χ1v) is 9.36. The van der Waals surface area contributed by atoms with Gasteiger partial charge in [-0.15, -0.1) is 0 Å². The number of aromatic amines is 1. The fourth-order valence-electron chi connectivity index (χ4n) is 4.23. The second-order valence-corrected chi connectivity index (χ2v) is 7.74. The Kier molecular flexibility index (Phi) is 4.54. The van der Waals surface area contributed by atoms with Gasteiger partial charge in [-0.05, 0) is 57.7 Å². The second kappa shape index (κ2) is 6.85. The van der Waals surface area contributed by atoms with Crippen molar-refractivity contribution < 1.29 is 4.79 Å². The molecule has 0 bridgehead atoms. The molecule has 2 fully saturated rings. The Morgan fingerprint density at radius 3 is 2.65 bits per heavy atom. The number of carbonyl (C=O) groups is 1. The number of amides is 1. The maximum absolute atomic E-state index is 13.2. The molecule has 26 heavy (non-hydrogen) atoms. The molecule has 1 spiro atoms. The number of hydrogen-bond donors (Lipinski definition) is 1. The zero-order chi connectivity index (χ0) is 18.1. The fourth-order valence-corrected chi connectivity index (χ4v) is 4.23. The lowest BCUT2D eigenvalue weighted by Gasteiger charge is -2.52. The Hall–Kier alpha value is -2.18. The first-order chi connectivity index (χ1) is 12.6. The first-order valence-electron chi connectivity index (χ1n) is 9.36. The van der Waals surface area contributed by atoms with E-state index in [0.717, 1.165) is 62.3 Å². The molecule has 4 rings (SSSR count). The van der Waals surface area contributed by atoms with E-state index in [4.69, 9.17) is 0 Å². The van der Waals surface area contributed by atoms with Gasteiger partial charge in [0.15, 0.2) is 0 Å². The van der Waals surface area contributed by atoms with Crippen LogP contribution in [-0.2, 0) is 0 Å². The van der Waals surface area contributed by atoms with Gasteiger partial charge in [0, 0.05) is 42.5 Å². The van der Waals surface area contributed by atoms with Crippen molar-refractivity contribution in [2.75, 3.05) is 46.8 Å². The summed E-state index contributed by atoms with van der Waals surface area (Å²) in [5.41, 5.74) is 2.91. The number of likely N-dealkylation sites (N-methyl/N-ethyl adjacent to an activating group) is 1. The zero-order valence-electron chi connectivity index (χ0n) is 15.6. The van der Waals surface area contributed by atoms with Crippen molar-refractivity contribution >= 4 is 5.91 Å². The third-order valence-electron chi connectivity index (χ3n) is 6.15. The van der Waals surface area contributed by atoms with Crippen molar-refractivity contribution in [2.24, 2.45) is 0 Å². The molecule has 0 atom stereocenters. The Morgan fingerprint density at radius 1 is 1.12 bits per heavy atom. The summed E-state index contributed by atoms with van der Waals surface area (Å²) < 4.78 is 0. The van der Waals surface area contributed by atoms with E-state index in [9.17, 15) is 4.79 Å². The quantitative estimate of drug-likeness (QED) is 0.896. The van der Waals surface area contributed by atoms with Gasteiger partial charge in [-0.3, -0.25) is 14.8 Å². The van der Waals surface area contributed by atoms with Gasteiger partial charge in [-0.2, -0.15) is 5.10 Å². The molecule has 6 nitrogen and oxygen atoms in total. The molecule has 2 saturated heterocycles. The minimum atomic E-state index is 0.128. The number of piperidine rings is 1. The Bertz CT molecular complexity index is 764. The third-order valence-corrected chi connectivity index (χ3v) is 6.15. The van der Waals surface area contributed by atoms with E-state index in [1.54, 1.807) is 6.20 Å². The van der Waals surface area contributed by atoms with E-state index < -0.39 is 0 Å². The molecule has 1 amide bonds. The van der Waals surface area contributed by atoms with Crippen molar-refractivity contribution in [1.82, 2.24) is 24.9 Å². The first kappa shape index (κ1) is 17.2. The van der Waals surface area contributed by atoms with Crippen LogP contribution < -0.4 is 0 Å². The van der Waals surface area contributed by atoms with Crippen LogP contribution in [0.3, 0.4) is 0 Å². The van der Waals surface area contributed by atoms with Crippen LogP contribution >= 0.6 is 0 Å². The molecule has 0 aliphatic carbocycles. The summed E-state index contributed by atoms with van der Waals surface area (Å²) in [7, 11) is 4.40. The summed E-state index contributed by atoms with van der Waals surface area (Å²) in [5.74, 6) is 0.141. The molecule has 6 heteroatoms. The third kappa shape index (κ3) is 3.15. The summed E-state index contributed by atoms with van der Waals surface area (Å²) in [5, 5.41) is 6.84. The molecule has 2 aromatic rings. The molecular weight excluding hydrogens is 326 g/mol. The van der Waals surface area contributed by atoms with E-state index >= 15 is 0 Å². The maximum Gasteiger partial charge on any atom is 0.253 e. The van der Waals surface area contributed by atoms with Crippen molar-refractivity contribution in [1.29, 1.82) is 0 Å². The number of benzene rings is 1. The Morgan fingerprint density at radius 2 is 1.92 bits per heavy atom. The van der Waals surface area contributed by atoms with Crippen LogP contribution in [0.1, 0.15) is 23.2 Å². The lowest BCUT2D eigenvalue weighted by molar-refractivity contribution is -0.0170. The number of rotatable bonds is 2. The standard InChI is InChI=1S/C20H27N5O/c1-23-8-6-20(7-9-23)15-25(11-10-24(20)2)19(26)17-5-3-4-16(12-17)18-13-21-22-14-18/h3-5,12-14H,6-11,15H2,1-2H3,(H,21,22). The summed E-state index contributed by atoms with van der Waals surface area (Å²) in [6.45, 7) is 4.76. The van der Waals surface area contributed by atoms with Crippen LogP contribution in [0.2, 0.25) is 0 Å². The Labute approximate surface area is 154 Å². The van der Waals surface area contributed by atoms with E-state index in [0.29, 0.717) is 0 Å². The number of carbonyl (C=O) groups excluding carboxylic acids is 1. The molecular formula is C20H27N5O. The summed E-state index contributed by atoms with van der Waals surface area (Å²) in [6.07, 6.45) is 5.89. The molecule has 0 radical (unpaired) electrons. The van der Waals surface area contributed by atoms with Crippen molar-refractivity contribution in [3.63, 3.8) is 0 Å². The lowest BCUT2D eigenvalue weighted by atomic mass is 9.83. The lowest BCUT2D eigenvalue weighted by Crippen LogP contribution is -2.64. The highest BCUT2D eigenvalue weighted by molar-refractivity contribution is 5.95. The highest BCUT2D eigenvalue weighted by Crippen LogP contribution is 2.32. The van der Waals surface area contributed by atoms with Gasteiger partial charge in [0.25, 0.3) is 5.91 Å². The molecule has 1 N–H and O–H groups in total. The maximum atomic E-state index is 13.2. The van der Waals surface area contributed by atoms with Crippen LogP contribution in [0.4, 0.5) is 0 Å². The van der Waals surface area contributed by atoms with Crippen LogP contribution in [0.15, 0.2) is 36.7 Å². The van der Waals surface area contributed by atoms with Crippen molar-refractivity contribution in [3.05, 3.63) is 42.2 Å². The minimum Gasteiger partial charge on any atom is -0.336 e. The van der Waals surface area contributed by atoms with Gasteiger partial charge in [-0.25, -0.2) is 0 Å². The number of nitrogens with zero attached hydrogens (tertiary/aromatic N) is 4. The largest absolute Gasteiger partial charge is 0.336 e. The smallest absolute Gasteiger partial charge is 0.253 e. The monoisotopic (exact) mass is 353 g/mol. The predicted octanol–water partition coefficient (Wildman–Crippen LogP) is 1.93. The molecule has 2 aliphatic rings. The summed E-state index contributed by atoms with van der Waals surface area (Å²) in [4.78, 5) is 20.1. The van der Waals surface area contributed by atoms with Crippen molar-refractivity contribution in [2.45, 2.75) is 18.4 Å². The van der Waals surface area contributed by atoms with Crippen LogP contribution in [0.25, 0.3) is 11.1 Å². The molecule has 2 aliphatic heterocycles. The van der Waals surface area contributed by atoms with Crippen LogP contribution in [0, 0.1) is 0 Å². The second-order valence-electron chi connectivity index (χ2n) is 7.74. The topological polar surface area (TPSA) is 55.5 Å². The van der Waals surface area contributed by atoms with E-state index in [1.807, 2.05) is 30.5 Å². The molecule has 1 aromatic heterocycles. The molecule has 3 heterocycles. The normalized spacial score (nSPS) is 21.2. The number of likely N-dealkylation sites (tertiary alicyclic amines) is 1. The highest BCUT2D eigenvalue weighted by Gasteiger charge is 2.42. The molecule has 0 unspecified atom stereocenters. The highest BCUT2D eigenvalue weighted by atomic mass is 16.2. The van der Waals surface area contributed by atoms with E-state index in [2.05, 4.69) is 39.0 Å². The van der Waals surface area contributed by atoms with E-state index in [-0.39, 0.29) is 11.4 Å². The number of nitrogens with one attached hydrogen (secondary N) is 1. The van der Waals surface area contributed by atoms with Crippen LogP contribution in [-0.4, -0.2) is 83.2 Å². The molecule has 0 saturated carbocycles. The van der Waals surface area contributed by atoms with Gasteiger partial charge in [0.2, 0.25) is 0 Å². The average Bonchev–Trinajstić information content (AvgIpc) is 3.21. The zero-order valence-corrected chi connectivity index (χ0v) is 15.6. The molecule has 138 valence electrons. The number of H-pyrrole nitrogens is 1. The van der Waals surface area contributed by atoms with Gasteiger partial charge in [-0.1, -0.05) is 12.1 Å². The Balaban J connectivity index is 1.54. The number of aromatic nitrogens is 2. The number of piperazine rings is 1. The average molecular weight is 353 g/mol. The minimum absolute atomic E-state index is 0.128. The SMILES string of the molecule is CN1CCC2(CC1)CN(C(=O)c1cccc(-c3cn[nH]c3)c1)CCN2C. The van der Waals surface area contributed by atoms with E-state index in [1.165, 1.54) is 0 Å².